The first-order chi connectivity index (χ1) is 44.5. The minimum atomic E-state index is -0.842. The van der Waals surface area contributed by atoms with Crippen molar-refractivity contribution in [1.29, 1.82) is 0 Å². The Labute approximate surface area is 563 Å². The Balaban J connectivity index is 3.33. The van der Waals surface area contributed by atoms with E-state index < -0.39 is 12.1 Å². The summed E-state index contributed by atoms with van der Waals surface area (Å²) >= 11 is 0. The third-order valence-corrected chi connectivity index (χ3v) is 19.1. The van der Waals surface area contributed by atoms with E-state index in [1.165, 1.54) is 372 Å². The molecule has 0 fully saturated rings. The lowest BCUT2D eigenvalue weighted by Crippen LogP contribution is -2.45. The van der Waals surface area contributed by atoms with Crippen LogP contribution in [-0.4, -0.2) is 47.4 Å². The Kier molecular flexibility index (Phi) is 77.3. The number of nitrogens with one attached hydrogen (secondary N) is 1. The zero-order valence-electron chi connectivity index (χ0n) is 60.9. The van der Waals surface area contributed by atoms with Crippen LogP contribution in [0.4, 0.5) is 0 Å². The Bertz CT molecular complexity index is 1500. The van der Waals surface area contributed by atoms with E-state index in [0.29, 0.717) is 19.4 Å². The van der Waals surface area contributed by atoms with Gasteiger partial charge in [0, 0.05) is 12.8 Å². The highest BCUT2D eigenvalue weighted by Gasteiger charge is 2.18. The number of carbonyl (C=O) groups excluding carboxylic acids is 2. The molecule has 530 valence electrons. The molecule has 6 heteroatoms. The topological polar surface area (TPSA) is 95.9 Å². The molecule has 2 atom stereocenters. The minimum Gasteiger partial charge on any atom is -0.466 e. The van der Waals surface area contributed by atoms with E-state index in [1.54, 1.807) is 6.08 Å². The highest BCUT2D eigenvalue weighted by molar-refractivity contribution is 5.76. The summed E-state index contributed by atoms with van der Waals surface area (Å²) in [5.41, 5.74) is 0. The van der Waals surface area contributed by atoms with Crippen LogP contribution in [0.2, 0.25) is 0 Å². The average Bonchev–Trinajstić information content (AvgIpc) is 3.69. The first kappa shape index (κ1) is 87.8. The van der Waals surface area contributed by atoms with Crippen molar-refractivity contribution in [3.8, 4) is 0 Å². The fourth-order valence-electron chi connectivity index (χ4n) is 12.8. The molecule has 0 aliphatic rings. The third-order valence-electron chi connectivity index (χ3n) is 19.1. The van der Waals surface area contributed by atoms with E-state index >= 15 is 0 Å². The number of unbranched alkanes of at least 4 members (excludes halogenated alkanes) is 60. The predicted octanol–water partition coefficient (Wildman–Crippen LogP) is 27.2. The molecule has 0 aromatic rings. The first-order valence-corrected chi connectivity index (χ1v) is 40.9. The molecule has 3 N–H and O–H groups in total. The van der Waals surface area contributed by atoms with Gasteiger partial charge in [0.2, 0.25) is 5.91 Å². The largest absolute Gasteiger partial charge is 0.466 e. The van der Waals surface area contributed by atoms with Crippen molar-refractivity contribution >= 4 is 11.9 Å². The van der Waals surface area contributed by atoms with Crippen LogP contribution in [0.1, 0.15) is 450 Å². The van der Waals surface area contributed by atoms with Crippen molar-refractivity contribution in [2.75, 3.05) is 13.2 Å². The molecule has 6 nitrogen and oxygen atoms in total. The molecule has 0 heterocycles. The van der Waals surface area contributed by atoms with E-state index in [1.807, 2.05) is 6.08 Å². The summed E-state index contributed by atoms with van der Waals surface area (Å²) < 4.78 is 5.51. The van der Waals surface area contributed by atoms with Gasteiger partial charge >= 0.3 is 5.97 Å². The van der Waals surface area contributed by atoms with Gasteiger partial charge in [-0.15, -0.1) is 0 Å². The summed E-state index contributed by atoms with van der Waals surface area (Å²) in [5, 5.41) is 23.2. The number of carbonyl (C=O) groups is 2. The number of amides is 1. The molecular weight excluding hydrogens is 1100 g/mol. The monoisotopic (exact) mass is 1260 g/mol. The van der Waals surface area contributed by atoms with Gasteiger partial charge in [-0.25, -0.2) is 0 Å². The first-order valence-electron chi connectivity index (χ1n) is 40.9. The number of rotatable bonds is 77. The van der Waals surface area contributed by atoms with Gasteiger partial charge in [0.1, 0.15) is 0 Å². The number of hydrogen-bond acceptors (Lipinski definition) is 5. The molecule has 0 saturated heterocycles. The number of aliphatic hydroxyl groups excluding tert-OH is 2. The number of ether oxygens (including phenoxy) is 1. The van der Waals surface area contributed by atoms with Crippen LogP contribution in [0.25, 0.3) is 0 Å². The number of aliphatic hydroxyl groups is 2. The standard InChI is InChI=1S/C84H159NO5/c1-3-5-7-9-11-13-15-17-19-44-48-52-56-60-64-68-72-76-82(87)81(80-86)85-83(88)77-73-69-65-61-57-53-49-46-42-40-38-36-34-32-30-28-26-24-22-21-23-25-27-29-31-33-35-37-39-41-43-47-51-55-59-63-67-71-75-79-90-84(89)78-74-70-66-62-58-54-50-45-20-18-16-14-12-10-8-6-4-2/h12,14,18,20-22,72,76,81-82,86-87H,3-11,13,15-17,19,23-71,73-75,77-80H2,1-2H3,(H,85,88)/b14-12-,20-18-,22-21-,76-72+. The second kappa shape index (κ2) is 79.3. The summed E-state index contributed by atoms with van der Waals surface area (Å²) in [4.78, 5) is 24.6. The normalized spacial score (nSPS) is 12.7. The maximum absolute atomic E-state index is 12.5. The minimum absolute atomic E-state index is 0.0150. The molecule has 0 aliphatic heterocycles. The van der Waals surface area contributed by atoms with E-state index in [4.69, 9.17) is 4.74 Å². The molecule has 1 amide bonds. The Morgan fingerprint density at radius 2 is 0.556 bits per heavy atom. The van der Waals surface area contributed by atoms with Crippen LogP contribution in [-0.2, 0) is 14.3 Å². The zero-order chi connectivity index (χ0) is 64.9. The molecule has 0 aliphatic carbocycles. The predicted molar refractivity (Wildman–Crippen MR) is 398 cm³/mol. The van der Waals surface area contributed by atoms with Gasteiger partial charge in [-0.05, 0) is 89.9 Å². The molecule has 0 spiro atoms. The van der Waals surface area contributed by atoms with Crippen molar-refractivity contribution in [1.82, 2.24) is 5.32 Å². The second-order valence-corrected chi connectivity index (χ2v) is 28.1. The molecule has 0 saturated carbocycles. The molecular formula is C84H159NO5. The van der Waals surface area contributed by atoms with Crippen LogP contribution >= 0.6 is 0 Å². The molecule has 2 unspecified atom stereocenters. The SMILES string of the molecule is CCCCC/C=C\C/C=C\CCCCCCCCCC(=O)OCCCCCCCCCCCCCCCCCCCC/C=C\CCCCCCCCCCCCCCCCCCCC(=O)NC(CO)C(O)/C=C/CCCCCCCCCCCCCCCCC. The van der Waals surface area contributed by atoms with Gasteiger partial charge in [-0.1, -0.05) is 396 Å². The van der Waals surface area contributed by atoms with Crippen molar-refractivity contribution in [2.45, 2.75) is 463 Å². The second-order valence-electron chi connectivity index (χ2n) is 28.1. The highest BCUT2D eigenvalue weighted by atomic mass is 16.5. The van der Waals surface area contributed by atoms with Crippen LogP contribution in [0.5, 0.6) is 0 Å². The summed E-state index contributed by atoms with van der Waals surface area (Å²) in [5.74, 6) is -0.0453. The van der Waals surface area contributed by atoms with Gasteiger partial charge in [0.15, 0.2) is 0 Å². The number of hydrogen-bond donors (Lipinski definition) is 3. The van der Waals surface area contributed by atoms with Crippen molar-refractivity contribution < 1.29 is 24.5 Å². The van der Waals surface area contributed by atoms with Crippen LogP contribution in [0, 0.1) is 0 Å². The van der Waals surface area contributed by atoms with Gasteiger partial charge in [0.25, 0.3) is 0 Å². The van der Waals surface area contributed by atoms with Gasteiger partial charge in [-0.2, -0.15) is 0 Å². The lowest BCUT2D eigenvalue weighted by molar-refractivity contribution is -0.143. The summed E-state index contributed by atoms with van der Waals surface area (Å²) in [6, 6.07) is -0.625. The Morgan fingerprint density at radius 3 is 0.878 bits per heavy atom. The maximum atomic E-state index is 12.5. The van der Waals surface area contributed by atoms with Crippen LogP contribution in [0.3, 0.4) is 0 Å². The van der Waals surface area contributed by atoms with E-state index in [9.17, 15) is 19.8 Å². The lowest BCUT2D eigenvalue weighted by Gasteiger charge is -2.20. The molecule has 0 bridgehead atoms. The van der Waals surface area contributed by atoms with E-state index in [2.05, 4.69) is 55.6 Å². The highest BCUT2D eigenvalue weighted by Crippen LogP contribution is 2.20. The smallest absolute Gasteiger partial charge is 0.305 e. The Hall–Kier alpha value is -2.18. The molecule has 0 rings (SSSR count). The third kappa shape index (κ3) is 74.9. The number of allylic oxidation sites excluding steroid dienone is 7. The summed E-state index contributed by atoms with van der Waals surface area (Å²) in [6.07, 6.45) is 105. The van der Waals surface area contributed by atoms with Gasteiger partial charge in [-0.3, -0.25) is 9.59 Å². The van der Waals surface area contributed by atoms with Crippen molar-refractivity contribution in [2.24, 2.45) is 0 Å². The molecule has 0 aromatic heterocycles. The Morgan fingerprint density at radius 1 is 0.311 bits per heavy atom. The van der Waals surface area contributed by atoms with E-state index in [-0.39, 0.29) is 18.5 Å². The van der Waals surface area contributed by atoms with Crippen LogP contribution in [0.15, 0.2) is 48.6 Å². The lowest BCUT2D eigenvalue weighted by atomic mass is 10.0. The maximum Gasteiger partial charge on any atom is 0.305 e. The fourth-order valence-corrected chi connectivity index (χ4v) is 12.8. The van der Waals surface area contributed by atoms with Gasteiger partial charge in [0.05, 0.1) is 25.4 Å². The van der Waals surface area contributed by atoms with Crippen LogP contribution < -0.4 is 5.32 Å². The average molecular weight is 1260 g/mol. The summed E-state index contributed by atoms with van der Waals surface area (Å²) in [6.45, 7) is 4.92. The fraction of sp³-hybridized carbons (Fsp3) is 0.881. The van der Waals surface area contributed by atoms with Crippen molar-refractivity contribution in [3.63, 3.8) is 0 Å². The number of esters is 1. The quantitative estimate of drug-likeness (QED) is 0.0320. The van der Waals surface area contributed by atoms with E-state index in [0.717, 1.165) is 51.4 Å². The molecule has 0 aromatic carbocycles. The molecule has 0 radical (unpaired) electrons. The van der Waals surface area contributed by atoms with Crippen molar-refractivity contribution in [3.05, 3.63) is 48.6 Å². The summed E-state index contributed by atoms with van der Waals surface area (Å²) in [7, 11) is 0. The zero-order valence-corrected chi connectivity index (χ0v) is 60.9. The van der Waals surface area contributed by atoms with Gasteiger partial charge < -0.3 is 20.3 Å². The molecule has 90 heavy (non-hydrogen) atoms.